The van der Waals surface area contributed by atoms with Crippen LogP contribution in [0.1, 0.15) is 17.4 Å². The lowest BCUT2D eigenvalue weighted by molar-refractivity contribution is 0.0946. The Morgan fingerprint density at radius 1 is 1.77 bits per heavy atom. The van der Waals surface area contributed by atoms with Crippen LogP contribution in [0.3, 0.4) is 0 Å². The fourth-order valence-electron chi connectivity index (χ4n) is 1.21. The number of nitrogens with zero attached hydrogens (tertiary/aromatic N) is 2. The van der Waals surface area contributed by atoms with E-state index in [2.05, 4.69) is 22.2 Å². The number of carbonyl (C=O) groups excluding carboxylic acids is 1. The molecule has 0 bridgehead atoms. The Hall–Kier alpha value is -1.17. The molecule has 2 rings (SSSR count). The van der Waals surface area contributed by atoms with Crippen LogP contribution >= 0.6 is 11.9 Å². The van der Waals surface area contributed by atoms with Crippen LogP contribution < -0.4 is 9.62 Å². The van der Waals surface area contributed by atoms with Gasteiger partial charge in [0, 0.05) is 5.75 Å². The molecule has 0 spiro atoms. The number of aromatic nitrogens is 2. The van der Waals surface area contributed by atoms with E-state index in [0.717, 1.165) is 11.6 Å². The molecule has 0 atom stereocenters. The first-order valence-electron chi connectivity index (χ1n) is 4.05. The number of carbonyl (C=O) groups is 1. The van der Waals surface area contributed by atoms with Crippen LogP contribution in [0, 0.1) is 0 Å². The number of rotatable bonds is 2. The second-order valence-corrected chi connectivity index (χ2v) is 3.84. The number of imidazole rings is 1. The minimum atomic E-state index is -0.0829. The molecule has 1 aromatic rings. The van der Waals surface area contributed by atoms with Gasteiger partial charge in [-0.2, -0.15) is 0 Å². The zero-order valence-electron chi connectivity index (χ0n) is 7.20. The monoisotopic (exact) mass is 198 g/mol. The van der Waals surface area contributed by atoms with Crippen LogP contribution in [0.25, 0.3) is 0 Å². The highest BCUT2D eigenvalue weighted by Crippen LogP contribution is 2.24. The first-order valence-corrected chi connectivity index (χ1v) is 4.99. The Kier molecular flexibility index (Phi) is 2.13. The van der Waals surface area contributed by atoms with Crippen LogP contribution in [0.5, 0.6) is 0 Å². The SMILES string of the molecule is CCSN1CNC(=O)c2[nH]cnc21. The Labute approximate surface area is 80.0 Å². The van der Waals surface area contributed by atoms with Gasteiger partial charge in [-0.1, -0.05) is 6.92 Å². The van der Waals surface area contributed by atoms with Crippen LogP contribution in [0.2, 0.25) is 0 Å². The molecule has 0 saturated carbocycles. The number of H-pyrrole nitrogens is 1. The maximum absolute atomic E-state index is 11.3. The topological polar surface area (TPSA) is 61.0 Å². The Morgan fingerprint density at radius 2 is 2.62 bits per heavy atom. The number of amides is 1. The zero-order valence-corrected chi connectivity index (χ0v) is 8.02. The van der Waals surface area contributed by atoms with Crippen molar-refractivity contribution in [1.82, 2.24) is 15.3 Å². The summed E-state index contributed by atoms with van der Waals surface area (Å²) in [4.78, 5) is 18.2. The molecule has 0 fully saturated rings. The van der Waals surface area contributed by atoms with Gasteiger partial charge in [0.25, 0.3) is 5.91 Å². The molecule has 0 aliphatic carbocycles. The maximum Gasteiger partial charge on any atom is 0.273 e. The molecule has 2 heterocycles. The number of hydrogen-bond donors (Lipinski definition) is 2. The molecule has 0 saturated heterocycles. The molecule has 1 aromatic heterocycles. The summed E-state index contributed by atoms with van der Waals surface area (Å²) >= 11 is 1.64. The van der Waals surface area contributed by atoms with E-state index in [1.807, 2.05) is 4.31 Å². The van der Waals surface area contributed by atoms with Crippen molar-refractivity contribution in [1.29, 1.82) is 0 Å². The number of nitrogens with one attached hydrogen (secondary N) is 2. The van der Waals surface area contributed by atoms with Gasteiger partial charge in [0.15, 0.2) is 5.82 Å². The molecule has 2 N–H and O–H groups in total. The molecular formula is C7H10N4OS. The van der Waals surface area contributed by atoms with Crippen molar-refractivity contribution in [3.8, 4) is 0 Å². The summed E-state index contributed by atoms with van der Waals surface area (Å²) in [5.41, 5.74) is 0.548. The third-order valence-electron chi connectivity index (χ3n) is 1.75. The van der Waals surface area contributed by atoms with Crippen molar-refractivity contribution in [2.24, 2.45) is 0 Å². The van der Waals surface area contributed by atoms with Crippen molar-refractivity contribution in [3.63, 3.8) is 0 Å². The van der Waals surface area contributed by atoms with Crippen molar-refractivity contribution < 1.29 is 4.79 Å². The van der Waals surface area contributed by atoms with E-state index in [1.165, 1.54) is 0 Å². The van der Waals surface area contributed by atoms with E-state index < -0.39 is 0 Å². The van der Waals surface area contributed by atoms with Gasteiger partial charge in [-0.15, -0.1) is 0 Å². The van der Waals surface area contributed by atoms with Gasteiger partial charge in [-0.25, -0.2) is 4.98 Å². The van der Waals surface area contributed by atoms with Gasteiger partial charge < -0.3 is 10.3 Å². The second kappa shape index (κ2) is 3.29. The van der Waals surface area contributed by atoms with E-state index >= 15 is 0 Å². The third kappa shape index (κ3) is 1.37. The van der Waals surface area contributed by atoms with E-state index in [1.54, 1.807) is 18.3 Å². The molecule has 5 nitrogen and oxygen atoms in total. The largest absolute Gasteiger partial charge is 0.339 e. The lowest BCUT2D eigenvalue weighted by Crippen LogP contribution is -2.40. The number of anilines is 1. The van der Waals surface area contributed by atoms with E-state index in [-0.39, 0.29) is 5.91 Å². The van der Waals surface area contributed by atoms with Crippen molar-refractivity contribution >= 4 is 23.7 Å². The highest BCUT2D eigenvalue weighted by Gasteiger charge is 2.24. The maximum atomic E-state index is 11.3. The molecule has 0 unspecified atom stereocenters. The number of fused-ring (bicyclic) bond motifs is 1. The summed E-state index contributed by atoms with van der Waals surface area (Å²) in [7, 11) is 0. The summed E-state index contributed by atoms with van der Waals surface area (Å²) in [5, 5.41) is 2.75. The summed E-state index contributed by atoms with van der Waals surface area (Å²) in [6.45, 7) is 2.59. The minimum absolute atomic E-state index is 0.0829. The highest BCUT2D eigenvalue weighted by atomic mass is 32.2. The molecule has 1 amide bonds. The molecular weight excluding hydrogens is 188 g/mol. The second-order valence-electron chi connectivity index (χ2n) is 2.56. The van der Waals surface area contributed by atoms with Gasteiger partial charge in [0.1, 0.15) is 12.4 Å². The van der Waals surface area contributed by atoms with Gasteiger partial charge in [-0.3, -0.25) is 9.10 Å². The Balaban J connectivity index is 2.30. The lowest BCUT2D eigenvalue weighted by Gasteiger charge is -2.25. The van der Waals surface area contributed by atoms with Crippen molar-refractivity contribution in [2.75, 3.05) is 16.7 Å². The fraction of sp³-hybridized carbons (Fsp3) is 0.429. The quantitative estimate of drug-likeness (QED) is 0.683. The van der Waals surface area contributed by atoms with E-state index in [0.29, 0.717) is 12.4 Å². The standard InChI is InChI=1S/C7H10N4OS/c1-2-13-11-4-10-7(12)5-6(11)9-3-8-5/h3H,2,4H2,1H3,(H,8,9)(H,10,12). The van der Waals surface area contributed by atoms with E-state index in [4.69, 9.17) is 0 Å². The van der Waals surface area contributed by atoms with Crippen LogP contribution in [-0.2, 0) is 0 Å². The highest BCUT2D eigenvalue weighted by molar-refractivity contribution is 8.00. The smallest absolute Gasteiger partial charge is 0.273 e. The minimum Gasteiger partial charge on any atom is -0.339 e. The number of aromatic amines is 1. The zero-order chi connectivity index (χ0) is 9.26. The third-order valence-corrected chi connectivity index (χ3v) is 2.62. The Morgan fingerprint density at radius 3 is 3.38 bits per heavy atom. The van der Waals surface area contributed by atoms with Crippen LogP contribution in [0.15, 0.2) is 6.33 Å². The average molecular weight is 198 g/mol. The average Bonchev–Trinajstić information content (AvgIpc) is 2.59. The summed E-state index contributed by atoms with van der Waals surface area (Å²) in [6, 6.07) is 0. The first-order chi connectivity index (χ1) is 6.33. The number of hydrogen-bond acceptors (Lipinski definition) is 4. The van der Waals surface area contributed by atoms with Crippen molar-refractivity contribution in [2.45, 2.75) is 6.92 Å². The molecule has 0 aromatic carbocycles. The van der Waals surface area contributed by atoms with Crippen molar-refractivity contribution in [3.05, 3.63) is 12.0 Å². The molecule has 0 radical (unpaired) electrons. The molecule has 6 heteroatoms. The summed E-state index contributed by atoms with van der Waals surface area (Å²) in [5.74, 6) is 1.61. The van der Waals surface area contributed by atoms with Gasteiger partial charge in [-0.05, 0) is 11.9 Å². The molecule has 1 aliphatic rings. The molecule has 13 heavy (non-hydrogen) atoms. The lowest BCUT2D eigenvalue weighted by atomic mass is 10.3. The van der Waals surface area contributed by atoms with Crippen LogP contribution in [-0.4, -0.2) is 28.3 Å². The van der Waals surface area contributed by atoms with Crippen LogP contribution in [0.4, 0.5) is 5.82 Å². The summed E-state index contributed by atoms with van der Waals surface area (Å²) < 4.78 is 1.97. The first kappa shape index (κ1) is 8.43. The predicted molar refractivity (Wildman–Crippen MR) is 51.5 cm³/mol. The Bertz CT molecular complexity index is 324. The fourth-order valence-corrected chi connectivity index (χ4v) is 1.94. The molecule has 1 aliphatic heterocycles. The van der Waals surface area contributed by atoms with Gasteiger partial charge in [0.2, 0.25) is 0 Å². The normalized spacial score (nSPS) is 15.5. The van der Waals surface area contributed by atoms with Gasteiger partial charge >= 0.3 is 0 Å². The summed E-state index contributed by atoms with van der Waals surface area (Å²) in [6.07, 6.45) is 1.54. The van der Waals surface area contributed by atoms with E-state index in [9.17, 15) is 4.79 Å². The van der Waals surface area contributed by atoms with Gasteiger partial charge in [0.05, 0.1) is 6.33 Å². The molecule has 70 valence electrons. The predicted octanol–water partition coefficient (Wildman–Crippen LogP) is 0.585.